The van der Waals surface area contributed by atoms with Crippen LogP contribution in [0.2, 0.25) is 10.0 Å². The fourth-order valence-electron chi connectivity index (χ4n) is 3.66. The van der Waals surface area contributed by atoms with Crippen LogP contribution < -0.4 is 15.5 Å². The Bertz CT molecular complexity index is 913. The fraction of sp³-hybridized carbons (Fsp3) is 0.364. The van der Waals surface area contributed by atoms with Crippen molar-refractivity contribution in [1.29, 1.82) is 5.26 Å². The average Bonchev–Trinajstić information content (AvgIpc) is 2.74. The molecular formula is C22H25Cl2N5O. The lowest BCUT2D eigenvalue weighted by Crippen LogP contribution is -2.50. The third-order valence-corrected chi connectivity index (χ3v) is 5.71. The van der Waals surface area contributed by atoms with Crippen molar-refractivity contribution in [3.63, 3.8) is 0 Å². The summed E-state index contributed by atoms with van der Waals surface area (Å²) in [6.45, 7) is 6.25. The van der Waals surface area contributed by atoms with Crippen LogP contribution in [-0.4, -0.2) is 50.2 Å². The topological polar surface area (TPSA) is 71.4 Å². The molecule has 2 amide bonds. The number of benzene rings is 2. The molecule has 1 aliphatic heterocycles. The van der Waals surface area contributed by atoms with E-state index in [0.717, 1.165) is 37.4 Å². The smallest absolute Gasteiger partial charge is 0.314 e. The first-order valence-electron chi connectivity index (χ1n) is 9.97. The normalized spacial score (nSPS) is 16.7. The second-order valence-corrected chi connectivity index (χ2v) is 7.97. The summed E-state index contributed by atoms with van der Waals surface area (Å²) in [5.74, 6) is 0. The number of nitrogens with zero attached hydrogens (tertiary/aromatic N) is 3. The highest BCUT2D eigenvalue weighted by Crippen LogP contribution is 2.36. The van der Waals surface area contributed by atoms with Gasteiger partial charge in [-0.05, 0) is 42.8 Å². The summed E-state index contributed by atoms with van der Waals surface area (Å²) >= 11 is 12.6. The molecule has 6 nitrogen and oxygen atoms in total. The zero-order valence-corrected chi connectivity index (χ0v) is 18.4. The van der Waals surface area contributed by atoms with Crippen LogP contribution in [0.1, 0.15) is 24.1 Å². The van der Waals surface area contributed by atoms with Crippen molar-refractivity contribution in [1.82, 2.24) is 15.5 Å². The number of hydrogen-bond acceptors (Lipinski definition) is 4. The van der Waals surface area contributed by atoms with E-state index in [-0.39, 0.29) is 12.1 Å². The van der Waals surface area contributed by atoms with E-state index < -0.39 is 0 Å². The maximum absolute atomic E-state index is 11.6. The molecule has 0 aromatic heterocycles. The van der Waals surface area contributed by atoms with Crippen molar-refractivity contribution < 1.29 is 4.79 Å². The van der Waals surface area contributed by atoms with Crippen LogP contribution in [0, 0.1) is 11.3 Å². The SMILES string of the molecule is CCNC(=O)NCCN1CCN(c2ccc(C#N)cc2Cl)[C@H](c2ccc(Cl)cc2)C1. The van der Waals surface area contributed by atoms with Gasteiger partial charge < -0.3 is 15.5 Å². The number of piperazine rings is 1. The van der Waals surface area contributed by atoms with Crippen LogP contribution >= 0.6 is 23.2 Å². The van der Waals surface area contributed by atoms with E-state index in [9.17, 15) is 4.79 Å². The van der Waals surface area contributed by atoms with E-state index in [4.69, 9.17) is 28.5 Å². The number of urea groups is 1. The van der Waals surface area contributed by atoms with Gasteiger partial charge in [-0.15, -0.1) is 0 Å². The molecule has 30 heavy (non-hydrogen) atoms. The molecule has 8 heteroatoms. The van der Waals surface area contributed by atoms with E-state index in [0.29, 0.717) is 28.7 Å². The van der Waals surface area contributed by atoms with E-state index in [2.05, 4.69) is 26.5 Å². The minimum absolute atomic E-state index is 0.0749. The number of hydrogen-bond donors (Lipinski definition) is 2. The Morgan fingerprint density at radius 1 is 1.17 bits per heavy atom. The first-order valence-corrected chi connectivity index (χ1v) is 10.7. The quantitative estimate of drug-likeness (QED) is 0.703. The number of nitrogens with one attached hydrogen (secondary N) is 2. The van der Waals surface area contributed by atoms with E-state index in [1.54, 1.807) is 12.1 Å². The molecule has 0 aliphatic carbocycles. The van der Waals surface area contributed by atoms with Crippen LogP contribution in [0.3, 0.4) is 0 Å². The number of amides is 2. The van der Waals surface area contributed by atoms with E-state index in [1.165, 1.54) is 0 Å². The van der Waals surface area contributed by atoms with Crippen LogP contribution in [0.4, 0.5) is 10.5 Å². The Labute approximate surface area is 187 Å². The van der Waals surface area contributed by atoms with Gasteiger partial charge in [0.05, 0.1) is 28.4 Å². The summed E-state index contributed by atoms with van der Waals surface area (Å²) in [6, 6.07) is 15.3. The minimum Gasteiger partial charge on any atom is -0.361 e. The van der Waals surface area contributed by atoms with Gasteiger partial charge in [0, 0.05) is 44.3 Å². The largest absolute Gasteiger partial charge is 0.361 e. The van der Waals surface area contributed by atoms with Gasteiger partial charge >= 0.3 is 6.03 Å². The molecule has 3 rings (SSSR count). The van der Waals surface area contributed by atoms with Crippen molar-refractivity contribution >= 4 is 34.9 Å². The Hall–Kier alpha value is -2.46. The molecule has 1 atom stereocenters. The highest BCUT2D eigenvalue weighted by Gasteiger charge is 2.29. The van der Waals surface area contributed by atoms with Gasteiger partial charge in [-0.2, -0.15) is 5.26 Å². The zero-order valence-electron chi connectivity index (χ0n) is 16.9. The van der Waals surface area contributed by atoms with Crippen LogP contribution in [0.25, 0.3) is 0 Å². The Kier molecular flexibility index (Phi) is 7.81. The van der Waals surface area contributed by atoms with Crippen LogP contribution in [0.5, 0.6) is 0 Å². The third kappa shape index (κ3) is 5.57. The lowest BCUT2D eigenvalue weighted by atomic mass is 10.0. The Morgan fingerprint density at radius 2 is 1.93 bits per heavy atom. The second-order valence-electron chi connectivity index (χ2n) is 7.13. The van der Waals surface area contributed by atoms with E-state index in [1.807, 2.05) is 37.3 Å². The Morgan fingerprint density at radius 3 is 2.60 bits per heavy atom. The molecule has 2 aromatic carbocycles. The molecule has 158 valence electrons. The van der Waals surface area contributed by atoms with Gasteiger partial charge in [0.15, 0.2) is 0 Å². The summed E-state index contributed by atoms with van der Waals surface area (Å²) in [7, 11) is 0. The molecule has 0 unspecified atom stereocenters. The first-order chi connectivity index (χ1) is 14.5. The van der Waals surface area contributed by atoms with Crippen molar-refractivity contribution in [3.8, 4) is 6.07 Å². The molecule has 1 heterocycles. The minimum atomic E-state index is -0.144. The predicted octanol–water partition coefficient (Wildman–Crippen LogP) is 4.05. The number of carbonyl (C=O) groups is 1. The van der Waals surface area contributed by atoms with Gasteiger partial charge in [-0.25, -0.2) is 4.79 Å². The third-order valence-electron chi connectivity index (χ3n) is 5.16. The van der Waals surface area contributed by atoms with Gasteiger partial charge in [0.1, 0.15) is 0 Å². The fourth-order valence-corrected chi connectivity index (χ4v) is 4.08. The van der Waals surface area contributed by atoms with Crippen molar-refractivity contribution in [3.05, 3.63) is 63.6 Å². The molecule has 1 aliphatic rings. The second kappa shape index (κ2) is 10.5. The molecule has 1 fully saturated rings. The molecule has 0 radical (unpaired) electrons. The summed E-state index contributed by atoms with van der Waals surface area (Å²) in [4.78, 5) is 16.2. The summed E-state index contributed by atoms with van der Waals surface area (Å²) in [5.41, 5.74) is 2.60. The molecular weight excluding hydrogens is 421 g/mol. The van der Waals surface area contributed by atoms with Crippen LogP contribution in [0.15, 0.2) is 42.5 Å². The van der Waals surface area contributed by atoms with Crippen molar-refractivity contribution in [2.75, 3.05) is 44.2 Å². The number of carbonyl (C=O) groups excluding carboxylic acids is 1. The molecule has 0 saturated carbocycles. The first kappa shape index (κ1) is 22.2. The zero-order chi connectivity index (χ0) is 21.5. The standard InChI is InChI=1S/C22H25Cl2N5O/c1-2-26-22(30)27-9-10-28-11-12-29(20-8-3-16(14-25)13-19(20)24)21(15-28)17-4-6-18(23)7-5-17/h3-8,13,21H,2,9-12,15H2,1H3,(H2,26,27,30)/t21-/m0/s1. The number of halogens is 2. The highest BCUT2D eigenvalue weighted by atomic mass is 35.5. The molecule has 2 N–H and O–H groups in total. The lowest BCUT2D eigenvalue weighted by Gasteiger charge is -2.43. The maximum Gasteiger partial charge on any atom is 0.314 e. The number of rotatable bonds is 6. The monoisotopic (exact) mass is 445 g/mol. The summed E-state index contributed by atoms with van der Waals surface area (Å²) < 4.78 is 0. The van der Waals surface area contributed by atoms with Gasteiger partial charge in [-0.3, -0.25) is 4.90 Å². The van der Waals surface area contributed by atoms with Gasteiger partial charge in [0.25, 0.3) is 0 Å². The highest BCUT2D eigenvalue weighted by molar-refractivity contribution is 6.33. The van der Waals surface area contributed by atoms with Crippen molar-refractivity contribution in [2.45, 2.75) is 13.0 Å². The average molecular weight is 446 g/mol. The summed E-state index contributed by atoms with van der Waals surface area (Å²) in [5, 5.41) is 16.0. The predicted molar refractivity (Wildman–Crippen MR) is 121 cm³/mol. The number of nitriles is 1. The number of anilines is 1. The van der Waals surface area contributed by atoms with Crippen molar-refractivity contribution in [2.24, 2.45) is 0 Å². The lowest BCUT2D eigenvalue weighted by molar-refractivity contribution is 0.217. The van der Waals surface area contributed by atoms with E-state index >= 15 is 0 Å². The van der Waals surface area contributed by atoms with Crippen LogP contribution in [-0.2, 0) is 0 Å². The summed E-state index contributed by atoms with van der Waals surface area (Å²) in [6.07, 6.45) is 0. The molecule has 1 saturated heterocycles. The van der Waals surface area contributed by atoms with Gasteiger partial charge in [-0.1, -0.05) is 35.3 Å². The molecule has 2 aromatic rings. The maximum atomic E-state index is 11.6. The molecule has 0 bridgehead atoms. The van der Waals surface area contributed by atoms with Gasteiger partial charge in [0.2, 0.25) is 0 Å². The Balaban J connectivity index is 1.77. The molecule has 0 spiro atoms.